The maximum absolute atomic E-state index is 12.1. The number of ether oxygens (including phenoxy) is 2. The molecular weight excluding hydrogens is 343 g/mol. The third-order valence-corrected chi connectivity index (χ3v) is 2.81. The molecule has 1 aromatic carbocycles. The van der Waals surface area contributed by atoms with E-state index in [0.29, 0.717) is 17.2 Å². The number of hydrogen-bond donors (Lipinski definition) is 0. The molecule has 0 aliphatic heterocycles. The third kappa shape index (κ3) is 4.16. The Kier molecular flexibility index (Phi) is 4.22. The van der Waals surface area contributed by atoms with Gasteiger partial charge >= 0.3 is 6.36 Å². The molecular formula is C12H9BrF3NO3. The van der Waals surface area contributed by atoms with E-state index < -0.39 is 6.36 Å². The zero-order chi connectivity index (χ0) is 14.8. The summed E-state index contributed by atoms with van der Waals surface area (Å²) in [6.45, 7) is 1.90. The molecule has 0 saturated heterocycles. The van der Waals surface area contributed by atoms with Gasteiger partial charge in [-0.1, -0.05) is 5.16 Å². The van der Waals surface area contributed by atoms with Crippen LogP contribution in [0.5, 0.6) is 11.5 Å². The third-order valence-electron chi connectivity index (χ3n) is 2.19. The Morgan fingerprint density at radius 3 is 2.60 bits per heavy atom. The van der Waals surface area contributed by atoms with Crippen LogP contribution in [-0.2, 0) is 6.61 Å². The van der Waals surface area contributed by atoms with Gasteiger partial charge in [0.25, 0.3) is 0 Å². The van der Waals surface area contributed by atoms with Gasteiger partial charge in [-0.3, -0.25) is 0 Å². The second kappa shape index (κ2) is 5.74. The highest BCUT2D eigenvalue weighted by Crippen LogP contribution is 2.33. The average molecular weight is 352 g/mol. The average Bonchev–Trinajstić information content (AvgIpc) is 2.74. The van der Waals surface area contributed by atoms with Gasteiger partial charge in [0.1, 0.15) is 29.6 Å². The molecule has 4 nitrogen and oxygen atoms in total. The number of hydrogen-bond acceptors (Lipinski definition) is 4. The van der Waals surface area contributed by atoms with Crippen molar-refractivity contribution in [3.05, 3.63) is 40.2 Å². The molecule has 0 unspecified atom stereocenters. The Hall–Kier alpha value is -1.70. The highest BCUT2D eigenvalue weighted by molar-refractivity contribution is 9.10. The number of nitrogens with zero attached hydrogens (tertiary/aromatic N) is 1. The zero-order valence-corrected chi connectivity index (χ0v) is 11.8. The summed E-state index contributed by atoms with van der Waals surface area (Å²) in [5, 5.41) is 3.73. The van der Waals surface area contributed by atoms with Crippen molar-refractivity contribution in [2.45, 2.75) is 19.9 Å². The molecule has 0 bridgehead atoms. The Morgan fingerprint density at radius 2 is 2.05 bits per heavy atom. The van der Waals surface area contributed by atoms with Gasteiger partial charge in [0.2, 0.25) is 0 Å². The monoisotopic (exact) mass is 351 g/mol. The van der Waals surface area contributed by atoms with Gasteiger partial charge < -0.3 is 14.0 Å². The molecule has 0 saturated carbocycles. The smallest absolute Gasteiger partial charge is 0.487 e. The first kappa shape index (κ1) is 14.7. The van der Waals surface area contributed by atoms with Crippen molar-refractivity contribution >= 4 is 15.9 Å². The number of aromatic nitrogens is 1. The highest BCUT2D eigenvalue weighted by Gasteiger charge is 2.31. The minimum Gasteiger partial charge on any atom is -0.487 e. The van der Waals surface area contributed by atoms with E-state index in [4.69, 9.17) is 9.26 Å². The fourth-order valence-corrected chi connectivity index (χ4v) is 1.86. The lowest BCUT2D eigenvalue weighted by Gasteiger charge is -2.11. The molecule has 0 spiro atoms. The van der Waals surface area contributed by atoms with E-state index in [1.165, 1.54) is 18.2 Å². The van der Waals surface area contributed by atoms with Gasteiger partial charge in [-0.2, -0.15) is 0 Å². The van der Waals surface area contributed by atoms with Crippen LogP contribution in [0.1, 0.15) is 11.5 Å². The Balaban J connectivity index is 2.01. The molecule has 0 aliphatic rings. The lowest BCUT2D eigenvalue weighted by atomic mass is 10.3. The van der Waals surface area contributed by atoms with Crippen LogP contribution in [0.25, 0.3) is 0 Å². The molecule has 0 atom stereocenters. The van der Waals surface area contributed by atoms with Crippen molar-refractivity contribution < 1.29 is 27.2 Å². The second-order valence-electron chi connectivity index (χ2n) is 3.86. The Labute approximate surface area is 120 Å². The standard InChI is InChI=1S/C12H9BrF3NO3/c1-7-4-8(17-20-7)6-18-9-2-3-11(10(13)5-9)19-12(14,15)16/h2-5H,6H2,1H3. The van der Waals surface area contributed by atoms with E-state index >= 15 is 0 Å². The van der Waals surface area contributed by atoms with Crippen LogP contribution in [0.3, 0.4) is 0 Å². The first-order chi connectivity index (χ1) is 9.33. The zero-order valence-electron chi connectivity index (χ0n) is 10.2. The quantitative estimate of drug-likeness (QED) is 0.826. The molecule has 108 valence electrons. The first-order valence-corrected chi connectivity index (χ1v) is 6.23. The summed E-state index contributed by atoms with van der Waals surface area (Å²) >= 11 is 2.99. The lowest BCUT2D eigenvalue weighted by molar-refractivity contribution is -0.274. The molecule has 0 radical (unpaired) electrons. The van der Waals surface area contributed by atoms with E-state index in [0.717, 1.165) is 0 Å². The summed E-state index contributed by atoms with van der Waals surface area (Å²) in [6.07, 6.45) is -4.73. The fraction of sp³-hybridized carbons (Fsp3) is 0.250. The van der Waals surface area contributed by atoms with Crippen molar-refractivity contribution in [1.82, 2.24) is 5.16 Å². The van der Waals surface area contributed by atoms with Crippen LogP contribution < -0.4 is 9.47 Å². The summed E-state index contributed by atoms with van der Waals surface area (Å²) < 4.78 is 50.5. The van der Waals surface area contributed by atoms with Crippen molar-refractivity contribution in [3.63, 3.8) is 0 Å². The molecule has 0 N–H and O–H groups in total. The van der Waals surface area contributed by atoms with Gasteiger partial charge in [-0.05, 0) is 41.1 Å². The van der Waals surface area contributed by atoms with E-state index in [9.17, 15) is 13.2 Å². The number of halogens is 4. The fourth-order valence-electron chi connectivity index (χ4n) is 1.42. The minimum absolute atomic E-state index is 0.142. The van der Waals surface area contributed by atoms with E-state index in [1.54, 1.807) is 13.0 Å². The second-order valence-corrected chi connectivity index (χ2v) is 4.71. The maximum atomic E-state index is 12.1. The van der Waals surface area contributed by atoms with Crippen molar-refractivity contribution in [3.8, 4) is 11.5 Å². The van der Waals surface area contributed by atoms with Crippen LogP contribution in [0, 0.1) is 6.92 Å². The van der Waals surface area contributed by atoms with Gasteiger partial charge in [-0.15, -0.1) is 13.2 Å². The van der Waals surface area contributed by atoms with Crippen LogP contribution in [-0.4, -0.2) is 11.5 Å². The maximum Gasteiger partial charge on any atom is 0.573 e. The van der Waals surface area contributed by atoms with Gasteiger partial charge in [0.15, 0.2) is 0 Å². The molecule has 1 heterocycles. The van der Waals surface area contributed by atoms with Crippen molar-refractivity contribution in [2.75, 3.05) is 0 Å². The Morgan fingerprint density at radius 1 is 1.30 bits per heavy atom. The highest BCUT2D eigenvalue weighted by atomic mass is 79.9. The summed E-state index contributed by atoms with van der Waals surface area (Å²) in [7, 11) is 0. The van der Waals surface area contributed by atoms with Crippen molar-refractivity contribution in [1.29, 1.82) is 0 Å². The van der Waals surface area contributed by atoms with E-state index in [2.05, 4.69) is 25.8 Å². The largest absolute Gasteiger partial charge is 0.573 e. The molecule has 8 heteroatoms. The molecule has 20 heavy (non-hydrogen) atoms. The number of alkyl halides is 3. The van der Waals surface area contributed by atoms with Gasteiger partial charge in [-0.25, -0.2) is 0 Å². The first-order valence-electron chi connectivity index (χ1n) is 5.44. The lowest BCUT2D eigenvalue weighted by Crippen LogP contribution is -2.17. The van der Waals surface area contributed by atoms with E-state index in [1.807, 2.05) is 0 Å². The van der Waals surface area contributed by atoms with Gasteiger partial charge in [0, 0.05) is 6.07 Å². The molecule has 2 rings (SSSR count). The predicted octanol–water partition coefficient (Wildman–Crippen LogP) is 4.22. The normalized spacial score (nSPS) is 11.4. The minimum atomic E-state index is -4.73. The van der Waals surface area contributed by atoms with Crippen LogP contribution >= 0.6 is 15.9 Å². The summed E-state index contributed by atoms with van der Waals surface area (Å²) in [5.41, 5.74) is 0.592. The topological polar surface area (TPSA) is 44.5 Å². The van der Waals surface area contributed by atoms with Crippen LogP contribution in [0.15, 0.2) is 33.3 Å². The molecule has 2 aromatic rings. The summed E-state index contributed by atoms with van der Waals surface area (Å²) in [5.74, 6) is 0.702. The predicted molar refractivity (Wildman–Crippen MR) is 66.4 cm³/mol. The van der Waals surface area contributed by atoms with E-state index in [-0.39, 0.29) is 16.8 Å². The van der Waals surface area contributed by atoms with Gasteiger partial charge in [0.05, 0.1) is 4.47 Å². The molecule has 0 aliphatic carbocycles. The molecule has 1 aromatic heterocycles. The van der Waals surface area contributed by atoms with Crippen LogP contribution in [0.2, 0.25) is 0 Å². The van der Waals surface area contributed by atoms with Crippen molar-refractivity contribution in [2.24, 2.45) is 0 Å². The molecule has 0 fully saturated rings. The summed E-state index contributed by atoms with van der Waals surface area (Å²) in [6, 6.07) is 5.63. The molecule has 0 amide bonds. The number of rotatable bonds is 4. The number of benzene rings is 1. The number of aryl methyl sites for hydroxylation is 1. The summed E-state index contributed by atoms with van der Waals surface area (Å²) in [4.78, 5) is 0. The van der Waals surface area contributed by atoms with Crippen LogP contribution in [0.4, 0.5) is 13.2 Å². The Bertz CT molecular complexity index is 598. The SMILES string of the molecule is Cc1cc(COc2ccc(OC(F)(F)F)c(Br)c2)no1.